The Hall–Kier alpha value is -0.840. The van der Waals surface area contributed by atoms with Gasteiger partial charge in [-0.25, -0.2) is 9.18 Å². The van der Waals surface area contributed by atoms with Gasteiger partial charge < -0.3 is 15.1 Å². The Morgan fingerprint density at radius 1 is 1.33 bits per heavy atom. The lowest BCUT2D eigenvalue weighted by atomic mass is 10.1. The lowest BCUT2D eigenvalue weighted by Gasteiger charge is -2.37. The molecule has 2 aliphatic rings. The van der Waals surface area contributed by atoms with Gasteiger partial charge in [0, 0.05) is 6.04 Å². The summed E-state index contributed by atoms with van der Waals surface area (Å²) in [5.41, 5.74) is 0. The third-order valence-corrected chi connectivity index (χ3v) is 3.17. The first kappa shape index (κ1) is 10.7. The highest BCUT2D eigenvalue weighted by Crippen LogP contribution is 2.13. The van der Waals surface area contributed by atoms with Gasteiger partial charge in [-0.1, -0.05) is 0 Å². The molecule has 0 bridgehead atoms. The van der Waals surface area contributed by atoms with Crippen LogP contribution in [0.3, 0.4) is 0 Å². The summed E-state index contributed by atoms with van der Waals surface area (Å²) < 4.78 is 12.5. The summed E-state index contributed by atoms with van der Waals surface area (Å²) >= 11 is 0. The first-order chi connectivity index (χ1) is 7.15. The second-order valence-electron chi connectivity index (χ2n) is 4.53. The van der Waals surface area contributed by atoms with Crippen LogP contribution in [0.15, 0.2) is 0 Å². The van der Waals surface area contributed by atoms with Crippen molar-refractivity contribution in [1.82, 2.24) is 15.1 Å². The minimum absolute atomic E-state index is 0.0987. The summed E-state index contributed by atoms with van der Waals surface area (Å²) in [6, 6.07) is 0.172. The summed E-state index contributed by atoms with van der Waals surface area (Å²) in [6.45, 7) is 2.57. The predicted molar refractivity (Wildman–Crippen MR) is 55.5 cm³/mol. The highest BCUT2D eigenvalue weighted by atomic mass is 19.1. The molecule has 0 aromatic heterocycles. The number of carbonyl (C=O) groups is 1. The SMILES string of the molecule is CN1CCC(NC(=O)N2CC(F)C2)CC1. The molecule has 0 spiro atoms. The van der Waals surface area contributed by atoms with Crippen LogP contribution < -0.4 is 5.32 Å². The quantitative estimate of drug-likeness (QED) is 0.689. The van der Waals surface area contributed by atoms with Gasteiger partial charge in [-0.2, -0.15) is 0 Å². The Bertz CT molecular complexity index is 235. The summed E-state index contributed by atoms with van der Waals surface area (Å²) in [5.74, 6) is 0. The second kappa shape index (κ2) is 4.35. The number of amides is 2. The van der Waals surface area contributed by atoms with Crippen LogP contribution in [0, 0.1) is 0 Å². The Morgan fingerprint density at radius 3 is 2.47 bits per heavy atom. The van der Waals surface area contributed by atoms with E-state index in [9.17, 15) is 9.18 Å². The van der Waals surface area contributed by atoms with Gasteiger partial charge in [-0.05, 0) is 33.0 Å². The highest BCUT2D eigenvalue weighted by Gasteiger charge is 2.31. The van der Waals surface area contributed by atoms with E-state index < -0.39 is 6.17 Å². The van der Waals surface area contributed by atoms with Crippen molar-refractivity contribution >= 4 is 6.03 Å². The van der Waals surface area contributed by atoms with Crippen molar-refractivity contribution in [2.24, 2.45) is 0 Å². The zero-order valence-corrected chi connectivity index (χ0v) is 9.08. The van der Waals surface area contributed by atoms with E-state index >= 15 is 0 Å². The third-order valence-electron chi connectivity index (χ3n) is 3.17. The molecule has 0 unspecified atom stereocenters. The second-order valence-corrected chi connectivity index (χ2v) is 4.53. The van der Waals surface area contributed by atoms with E-state index in [1.54, 1.807) is 0 Å². The van der Waals surface area contributed by atoms with E-state index in [0.717, 1.165) is 25.9 Å². The summed E-state index contributed by atoms with van der Waals surface area (Å²) in [4.78, 5) is 15.3. The first-order valence-electron chi connectivity index (χ1n) is 5.53. The molecule has 0 saturated carbocycles. The number of rotatable bonds is 1. The molecule has 0 aliphatic carbocycles. The van der Waals surface area contributed by atoms with Crippen molar-refractivity contribution in [1.29, 1.82) is 0 Å². The Kier molecular flexibility index (Phi) is 3.09. The Labute approximate surface area is 89.4 Å². The summed E-state index contributed by atoms with van der Waals surface area (Å²) in [5, 5.41) is 2.96. The van der Waals surface area contributed by atoms with Gasteiger partial charge in [0.25, 0.3) is 0 Å². The van der Waals surface area contributed by atoms with Crippen LogP contribution in [0.1, 0.15) is 12.8 Å². The molecular weight excluding hydrogens is 197 g/mol. The average Bonchev–Trinajstić information content (AvgIpc) is 2.17. The van der Waals surface area contributed by atoms with Gasteiger partial charge in [0.2, 0.25) is 0 Å². The molecule has 2 fully saturated rings. The summed E-state index contributed by atoms with van der Waals surface area (Å²) in [6.07, 6.45) is 1.18. The van der Waals surface area contributed by atoms with Crippen LogP contribution >= 0.6 is 0 Å². The maximum atomic E-state index is 12.5. The third kappa shape index (κ3) is 2.59. The molecule has 15 heavy (non-hydrogen) atoms. The van der Waals surface area contributed by atoms with Crippen molar-refractivity contribution in [3.05, 3.63) is 0 Å². The standard InChI is InChI=1S/C10H18FN3O/c1-13-4-2-9(3-5-13)12-10(15)14-6-8(11)7-14/h8-9H,2-7H2,1H3,(H,12,15). The number of hydrogen-bond donors (Lipinski definition) is 1. The van der Waals surface area contributed by atoms with E-state index in [1.807, 2.05) is 0 Å². The molecule has 2 rings (SSSR count). The molecule has 2 aliphatic heterocycles. The van der Waals surface area contributed by atoms with Crippen LogP contribution in [-0.4, -0.2) is 61.3 Å². The van der Waals surface area contributed by atoms with Gasteiger partial charge in [-0.15, -0.1) is 0 Å². The predicted octanol–water partition coefficient (Wildman–Crippen LogP) is 0.444. The van der Waals surface area contributed by atoms with Crippen LogP contribution in [0.25, 0.3) is 0 Å². The minimum atomic E-state index is -0.812. The highest BCUT2D eigenvalue weighted by molar-refractivity contribution is 5.75. The topological polar surface area (TPSA) is 35.6 Å². The number of urea groups is 1. The number of piperidine rings is 1. The molecule has 0 radical (unpaired) electrons. The monoisotopic (exact) mass is 215 g/mol. The number of carbonyl (C=O) groups excluding carboxylic acids is 1. The van der Waals surface area contributed by atoms with Gasteiger partial charge in [0.15, 0.2) is 0 Å². The fourth-order valence-corrected chi connectivity index (χ4v) is 2.01. The molecule has 5 heteroatoms. The van der Waals surface area contributed by atoms with E-state index in [2.05, 4.69) is 17.3 Å². The number of hydrogen-bond acceptors (Lipinski definition) is 2. The van der Waals surface area contributed by atoms with Crippen molar-refractivity contribution < 1.29 is 9.18 Å². The molecule has 0 atom stereocenters. The van der Waals surface area contributed by atoms with Crippen molar-refractivity contribution in [3.63, 3.8) is 0 Å². The lowest BCUT2D eigenvalue weighted by Crippen LogP contribution is -2.57. The van der Waals surface area contributed by atoms with Crippen molar-refractivity contribution in [2.45, 2.75) is 25.1 Å². The molecule has 0 aromatic carbocycles. The Morgan fingerprint density at radius 2 is 1.93 bits per heavy atom. The molecule has 0 aromatic rings. The van der Waals surface area contributed by atoms with Crippen LogP contribution in [0.5, 0.6) is 0 Å². The molecule has 2 saturated heterocycles. The number of likely N-dealkylation sites (tertiary alicyclic amines) is 2. The maximum Gasteiger partial charge on any atom is 0.317 e. The molecule has 1 N–H and O–H groups in total. The van der Waals surface area contributed by atoms with Crippen LogP contribution in [0.2, 0.25) is 0 Å². The molecular formula is C10H18FN3O. The van der Waals surface area contributed by atoms with E-state index in [-0.39, 0.29) is 25.2 Å². The average molecular weight is 215 g/mol. The smallest absolute Gasteiger partial charge is 0.317 e. The number of nitrogens with one attached hydrogen (secondary N) is 1. The van der Waals surface area contributed by atoms with E-state index in [1.165, 1.54) is 4.90 Å². The molecule has 4 nitrogen and oxygen atoms in total. The fraction of sp³-hybridized carbons (Fsp3) is 0.900. The number of nitrogens with zero attached hydrogens (tertiary/aromatic N) is 2. The van der Waals surface area contributed by atoms with Crippen molar-refractivity contribution in [2.75, 3.05) is 33.2 Å². The van der Waals surface area contributed by atoms with Crippen LogP contribution in [0.4, 0.5) is 9.18 Å². The first-order valence-corrected chi connectivity index (χ1v) is 5.53. The Balaban J connectivity index is 1.70. The summed E-state index contributed by atoms with van der Waals surface area (Å²) in [7, 11) is 2.08. The van der Waals surface area contributed by atoms with E-state index in [0.29, 0.717) is 0 Å². The molecule has 2 amide bonds. The largest absolute Gasteiger partial charge is 0.335 e. The normalized spacial score (nSPS) is 25.1. The molecule has 86 valence electrons. The molecule has 2 heterocycles. The fourth-order valence-electron chi connectivity index (χ4n) is 2.01. The minimum Gasteiger partial charge on any atom is -0.335 e. The zero-order valence-electron chi connectivity index (χ0n) is 9.08. The van der Waals surface area contributed by atoms with Crippen LogP contribution in [-0.2, 0) is 0 Å². The number of halogens is 1. The lowest BCUT2D eigenvalue weighted by molar-refractivity contribution is 0.0860. The van der Waals surface area contributed by atoms with Crippen molar-refractivity contribution in [3.8, 4) is 0 Å². The van der Waals surface area contributed by atoms with Gasteiger partial charge in [-0.3, -0.25) is 0 Å². The van der Waals surface area contributed by atoms with E-state index in [4.69, 9.17) is 0 Å². The zero-order chi connectivity index (χ0) is 10.8. The van der Waals surface area contributed by atoms with Gasteiger partial charge in [0.1, 0.15) is 6.17 Å². The number of alkyl halides is 1. The van der Waals surface area contributed by atoms with Gasteiger partial charge in [0.05, 0.1) is 13.1 Å². The maximum absolute atomic E-state index is 12.5. The van der Waals surface area contributed by atoms with Gasteiger partial charge >= 0.3 is 6.03 Å².